The number of rotatable bonds is 4. The zero-order chi connectivity index (χ0) is 40.0. The summed E-state index contributed by atoms with van der Waals surface area (Å²) in [5.41, 5.74) is 15.4. The fourth-order valence-corrected chi connectivity index (χ4v) is 13.8. The monoisotopic (exact) mass is 765 g/mol. The summed E-state index contributed by atoms with van der Waals surface area (Å²) in [6.07, 6.45) is 11.6. The molecule has 0 amide bonds. The van der Waals surface area contributed by atoms with Crippen molar-refractivity contribution in [1.29, 1.82) is 0 Å². The van der Waals surface area contributed by atoms with E-state index >= 15 is 0 Å². The van der Waals surface area contributed by atoms with E-state index in [0.717, 1.165) is 23.3 Å². The number of hydrogen-bond acceptors (Lipinski definition) is 2. The molecule has 12 rings (SSSR count). The predicted octanol–water partition coefficient (Wildman–Crippen LogP) is 15.4. The predicted molar refractivity (Wildman–Crippen MR) is 241 cm³/mol. The zero-order valence-corrected chi connectivity index (χ0v) is 36.3. The second-order valence-electron chi connectivity index (χ2n) is 22.3. The van der Waals surface area contributed by atoms with E-state index in [-0.39, 0.29) is 27.1 Å². The van der Waals surface area contributed by atoms with Crippen LogP contribution in [0.5, 0.6) is 11.5 Å². The molecule has 0 radical (unpaired) electrons. The molecule has 0 aromatic heterocycles. The Labute approximate surface area is 348 Å². The lowest BCUT2D eigenvalue weighted by molar-refractivity contribution is -0.0451. The van der Waals surface area contributed by atoms with Crippen LogP contribution < -0.4 is 9.64 Å². The number of fused-ring (bicyclic) bond motifs is 4. The summed E-state index contributed by atoms with van der Waals surface area (Å²) in [5, 5.41) is 0. The van der Waals surface area contributed by atoms with Crippen molar-refractivity contribution in [2.45, 2.75) is 140 Å². The summed E-state index contributed by atoms with van der Waals surface area (Å²) in [5.74, 6) is 5.15. The highest BCUT2D eigenvalue weighted by atomic mass is 16.5. The second kappa shape index (κ2) is 12.4. The van der Waals surface area contributed by atoms with Gasteiger partial charge < -0.3 is 9.64 Å². The molecule has 5 aromatic rings. The third-order valence-corrected chi connectivity index (χ3v) is 17.0. The molecule has 4 bridgehead atoms. The first kappa shape index (κ1) is 36.8. The summed E-state index contributed by atoms with van der Waals surface area (Å²) < 4.78 is 7.56. The van der Waals surface area contributed by atoms with E-state index < -0.39 is 0 Å². The molecule has 0 N–H and O–H groups in total. The van der Waals surface area contributed by atoms with Gasteiger partial charge in [-0.05, 0) is 173 Å². The highest BCUT2D eigenvalue weighted by Crippen LogP contribution is 2.70. The molecule has 58 heavy (non-hydrogen) atoms. The summed E-state index contributed by atoms with van der Waals surface area (Å²) >= 11 is 0. The lowest BCUT2D eigenvalue weighted by atomic mass is 9.41. The third-order valence-electron chi connectivity index (χ3n) is 17.0. The van der Waals surface area contributed by atoms with Crippen molar-refractivity contribution in [3.05, 3.63) is 137 Å². The fraction of sp³-hybridized carbons (Fsp3) is 0.464. The van der Waals surface area contributed by atoms with Crippen LogP contribution in [0.4, 0.5) is 17.1 Å². The quantitative estimate of drug-likeness (QED) is 0.181. The van der Waals surface area contributed by atoms with Gasteiger partial charge in [-0.1, -0.05) is 122 Å². The molecule has 2 nitrogen and oxygen atoms in total. The van der Waals surface area contributed by atoms with E-state index in [9.17, 15) is 0 Å². The van der Waals surface area contributed by atoms with Gasteiger partial charge in [0.2, 0.25) is 0 Å². The molecule has 4 saturated carbocycles. The van der Waals surface area contributed by atoms with Gasteiger partial charge in [-0.15, -0.1) is 0 Å². The first-order valence-electron chi connectivity index (χ1n) is 22.8. The van der Waals surface area contributed by atoms with E-state index in [2.05, 4.69) is 163 Å². The van der Waals surface area contributed by atoms with E-state index in [1.165, 1.54) is 119 Å². The van der Waals surface area contributed by atoms with Crippen LogP contribution in [0.25, 0.3) is 11.1 Å². The fourth-order valence-electron chi connectivity index (χ4n) is 13.8. The molecule has 7 aliphatic rings. The van der Waals surface area contributed by atoms with E-state index in [1.807, 2.05) is 0 Å². The van der Waals surface area contributed by atoms with E-state index in [4.69, 9.17) is 4.74 Å². The van der Waals surface area contributed by atoms with Crippen LogP contribution >= 0.6 is 0 Å². The van der Waals surface area contributed by atoms with E-state index in [0.29, 0.717) is 11.8 Å². The minimum absolute atomic E-state index is 0.0447. The topological polar surface area (TPSA) is 12.5 Å². The van der Waals surface area contributed by atoms with Crippen LogP contribution in [-0.2, 0) is 27.1 Å². The first-order chi connectivity index (χ1) is 27.7. The van der Waals surface area contributed by atoms with Gasteiger partial charge in [0.1, 0.15) is 5.75 Å². The normalized spacial score (nSPS) is 28.5. The lowest BCUT2D eigenvalue weighted by Gasteiger charge is -2.63. The highest BCUT2D eigenvalue weighted by molar-refractivity contribution is 5.85. The van der Waals surface area contributed by atoms with Crippen LogP contribution in [0, 0.1) is 23.7 Å². The van der Waals surface area contributed by atoms with Gasteiger partial charge in [-0.3, -0.25) is 0 Å². The maximum atomic E-state index is 7.56. The van der Waals surface area contributed by atoms with Gasteiger partial charge in [-0.25, -0.2) is 0 Å². The molecule has 6 aliphatic carbocycles. The average Bonchev–Trinajstić information content (AvgIpc) is 3.20. The Balaban J connectivity index is 1.17. The number of ether oxygens (including phenoxy) is 1. The summed E-state index contributed by atoms with van der Waals surface area (Å²) in [6.45, 7) is 19.6. The summed E-state index contributed by atoms with van der Waals surface area (Å²) in [4.78, 5) is 2.60. The maximum Gasteiger partial charge on any atom is 0.155 e. The smallest absolute Gasteiger partial charge is 0.155 e. The van der Waals surface area contributed by atoms with Crippen molar-refractivity contribution in [3.63, 3.8) is 0 Å². The molecular formula is C56H63NO. The van der Waals surface area contributed by atoms with E-state index in [1.54, 1.807) is 0 Å². The van der Waals surface area contributed by atoms with Crippen molar-refractivity contribution in [2.24, 2.45) is 23.7 Å². The van der Waals surface area contributed by atoms with Gasteiger partial charge in [0.15, 0.2) is 5.75 Å². The lowest BCUT2D eigenvalue weighted by Crippen LogP contribution is -2.57. The minimum atomic E-state index is -0.0447. The third kappa shape index (κ3) is 5.28. The van der Waals surface area contributed by atoms with Crippen molar-refractivity contribution < 1.29 is 4.74 Å². The molecule has 0 atom stereocenters. The standard InChI is InChI=1S/C56H63NO/c1-52(2)23-25-54(5,6)47-33-41(18-21-43(47)52)57(42-19-22-44-48(34-42)55(7,8)26-24-53(44,3)4)49-16-12-15-46-51(49)58-50-32-38(37-13-10-9-11-14-37)17-20-45(50)56(46)39-28-35-27-36(30-39)31-40(56)29-35/h9-22,32-36,39-40H,23-31H2,1-8H3. The minimum Gasteiger partial charge on any atom is -0.454 e. The van der Waals surface area contributed by atoms with Gasteiger partial charge in [0.25, 0.3) is 0 Å². The Morgan fingerprint density at radius 1 is 0.448 bits per heavy atom. The molecule has 4 fully saturated rings. The number of para-hydroxylation sites is 1. The van der Waals surface area contributed by atoms with Gasteiger partial charge in [0, 0.05) is 27.9 Å². The van der Waals surface area contributed by atoms with Crippen molar-refractivity contribution in [3.8, 4) is 22.6 Å². The molecule has 0 saturated heterocycles. The Kier molecular flexibility index (Phi) is 7.84. The molecule has 1 spiro atoms. The zero-order valence-electron chi connectivity index (χ0n) is 36.3. The first-order valence-corrected chi connectivity index (χ1v) is 22.8. The number of hydrogen-bond donors (Lipinski definition) is 0. The molecule has 2 heteroatoms. The Morgan fingerprint density at radius 2 is 0.966 bits per heavy atom. The van der Waals surface area contributed by atoms with Crippen molar-refractivity contribution in [2.75, 3.05) is 4.90 Å². The molecule has 5 aromatic carbocycles. The van der Waals surface area contributed by atoms with Crippen LogP contribution in [0.2, 0.25) is 0 Å². The van der Waals surface area contributed by atoms with Crippen LogP contribution in [0.3, 0.4) is 0 Å². The van der Waals surface area contributed by atoms with Crippen LogP contribution in [-0.4, -0.2) is 0 Å². The van der Waals surface area contributed by atoms with Gasteiger partial charge in [0.05, 0.1) is 5.69 Å². The SMILES string of the molecule is CC1(C)CCC(C)(C)c2cc(N(c3ccc4c(c3)C(C)(C)CCC4(C)C)c3cccc4c3Oc3cc(-c5ccccc5)ccc3C43C4CC5CC(C4)CC3C5)ccc21. The van der Waals surface area contributed by atoms with Crippen molar-refractivity contribution in [1.82, 2.24) is 0 Å². The van der Waals surface area contributed by atoms with Gasteiger partial charge >= 0.3 is 0 Å². The molecule has 1 aliphatic heterocycles. The molecule has 0 unspecified atom stereocenters. The van der Waals surface area contributed by atoms with Crippen molar-refractivity contribution >= 4 is 17.1 Å². The number of anilines is 3. The number of nitrogens with zero attached hydrogens (tertiary/aromatic N) is 1. The summed E-state index contributed by atoms with van der Waals surface area (Å²) in [6, 6.07) is 40.3. The summed E-state index contributed by atoms with van der Waals surface area (Å²) in [7, 11) is 0. The highest BCUT2D eigenvalue weighted by Gasteiger charge is 2.61. The Hall–Kier alpha value is -4.30. The Morgan fingerprint density at radius 3 is 1.52 bits per heavy atom. The maximum absolute atomic E-state index is 7.56. The second-order valence-corrected chi connectivity index (χ2v) is 22.3. The average molecular weight is 766 g/mol. The number of benzene rings is 5. The Bertz CT molecular complexity index is 2350. The van der Waals surface area contributed by atoms with Crippen LogP contribution in [0.15, 0.2) is 103 Å². The molecule has 298 valence electrons. The molecular weight excluding hydrogens is 703 g/mol. The van der Waals surface area contributed by atoms with Gasteiger partial charge in [-0.2, -0.15) is 0 Å². The van der Waals surface area contributed by atoms with Crippen LogP contribution in [0.1, 0.15) is 147 Å². The molecule has 1 heterocycles. The largest absolute Gasteiger partial charge is 0.454 e.